The topological polar surface area (TPSA) is 56.5 Å². The van der Waals surface area contributed by atoms with Crippen LogP contribution in [0.2, 0.25) is 0 Å². The van der Waals surface area contributed by atoms with E-state index in [0.717, 1.165) is 27.9 Å². The van der Waals surface area contributed by atoms with Crippen molar-refractivity contribution < 1.29 is 0 Å². The van der Waals surface area contributed by atoms with Crippen LogP contribution >= 0.6 is 11.3 Å². The molecule has 0 atom stereocenters. The molecule has 0 bridgehead atoms. The van der Waals surface area contributed by atoms with Crippen LogP contribution in [-0.4, -0.2) is 24.5 Å². The van der Waals surface area contributed by atoms with Crippen LogP contribution in [0.15, 0.2) is 91.5 Å². The van der Waals surface area contributed by atoms with Gasteiger partial charge in [0.2, 0.25) is 0 Å². The lowest BCUT2D eigenvalue weighted by Gasteiger charge is -2.08. The highest BCUT2D eigenvalue weighted by Crippen LogP contribution is 2.42. The summed E-state index contributed by atoms with van der Waals surface area (Å²) in [7, 11) is 0. The predicted octanol–water partition coefficient (Wildman–Crippen LogP) is 6.40. The molecule has 5 aromatic heterocycles. The Bertz CT molecular complexity index is 1780. The zero-order valence-electron chi connectivity index (χ0n) is 16.8. The Hall–Kier alpha value is -4.16. The molecule has 7 aromatic rings. The van der Waals surface area contributed by atoms with Gasteiger partial charge in [-0.25, -0.2) is 9.97 Å². The number of aromatic nitrogens is 5. The zero-order valence-corrected chi connectivity index (χ0v) is 17.6. The van der Waals surface area contributed by atoms with E-state index < -0.39 is 0 Å². The van der Waals surface area contributed by atoms with E-state index in [0.29, 0.717) is 5.82 Å². The van der Waals surface area contributed by atoms with Crippen molar-refractivity contribution in [2.24, 2.45) is 0 Å². The van der Waals surface area contributed by atoms with Gasteiger partial charge in [-0.05, 0) is 42.5 Å². The number of thiophene rings is 1. The van der Waals surface area contributed by atoms with Crippen molar-refractivity contribution in [1.29, 1.82) is 0 Å². The molecule has 7 rings (SSSR count). The van der Waals surface area contributed by atoms with E-state index in [9.17, 15) is 0 Å². The van der Waals surface area contributed by atoms with Gasteiger partial charge >= 0.3 is 0 Å². The van der Waals surface area contributed by atoms with Crippen molar-refractivity contribution >= 4 is 53.4 Å². The molecule has 0 fully saturated rings. The Kier molecular flexibility index (Phi) is 3.65. The number of hydrogen-bond acceptors (Lipinski definition) is 5. The van der Waals surface area contributed by atoms with Crippen LogP contribution < -0.4 is 0 Å². The third-order valence-electron chi connectivity index (χ3n) is 5.82. The van der Waals surface area contributed by atoms with E-state index in [1.807, 2.05) is 41.8 Å². The van der Waals surface area contributed by atoms with Crippen LogP contribution in [0, 0.1) is 0 Å². The molecule has 0 aliphatic carbocycles. The molecule has 0 saturated heterocycles. The number of nitrogens with zero attached hydrogens (tertiary/aromatic N) is 5. The Labute approximate surface area is 186 Å². The normalized spacial score (nSPS) is 11.8. The molecule has 0 spiro atoms. The first-order valence-corrected chi connectivity index (χ1v) is 11.1. The highest BCUT2D eigenvalue weighted by molar-refractivity contribution is 7.26. The van der Waals surface area contributed by atoms with Gasteiger partial charge in [-0.1, -0.05) is 24.3 Å². The summed E-state index contributed by atoms with van der Waals surface area (Å²) in [5.41, 5.74) is 4.00. The highest BCUT2D eigenvalue weighted by Gasteiger charge is 2.19. The first kappa shape index (κ1) is 17.5. The van der Waals surface area contributed by atoms with Gasteiger partial charge in [0.15, 0.2) is 5.82 Å². The van der Waals surface area contributed by atoms with Gasteiger partial charge < -0.3 is 0 Å². The predicted molar refractivity (Wildman–Crippen MR) is 130 cm³/mol. The van der Waals surface area contributed by atoms with E-state index in [1.165, 1.54) is 25.6 Å². The lowest BCUT2D eigenvalue weighted by Crippen LogP contribution is -2.00. The summed E-state index contributed by atoms with van der Waals surface area (Å²) >= 11 is 1.82. The fourth-order valence-electron chi connectivity index (χ4n) is 4.45. The molecular weight excluding hydrogens is 414 g/mol. The first-order valence-electron chi connectivity index (χ1n) is 10.3. The quantitative estimate of drug-likeness (QED) is 0.319. The fraction of sp³-hybridized carbons (Fsp3) is 0. The van der Waals surface area contributed by atoms with E-state index in [4.69, 9.17) is 9.97 Å². The summed E-state index contributed by atoms with van der Waals surface area (Å²) in [6.45, 7) is 0. The summed E-state index contributed by atoms with van der Waals surface area (Å²) in [5.74, 6) is 1.46. The van der Waals surface area contributed by atoms with Gasteiger partial charge in [0, 0.05) is 55.9 Å². The average molecular weight is 430 g/mol. The van der Waals surface area contributed by atoms with E-state index >= 15 is 0 Å². The van der Waals surface area contributed by atoms with Gasteiger partial charge in [-0.3, -0.25) is 14.5 Å². The van der Waals surface area contributed by atoms with Crippen molar-refractivity contribution in [1.82, 2.24) is 24.5 Å². The van der Waals surface area contributed by atoms with Gasteiger partial charge in [0.25, 0.3) is 0 Å². The maximum Gasteiger partial charge on any atom is 0.163 e. The van der Waals surface area contributed by atoms with E-state index in [-0.39, 0.29) is 0 Å². The van der Waals surface area contributed by atoms with Crippen molar-refractivity contribution in [3.8, 4) is 17.2 Å². The second kappa shape index (κ2) is 6.67. The number of benzene rings is 2. The Balaban J connectivity index is 1.59. The molecule has 0 amide bonds. The van der Waals surface area contributed by atoms with Gasteiger partial charge in [-0.15, -0.1) is 11.3 Å². The van der Waals surface area contributed by atoms with Crippen molar-refractivity contribution in [2.75, 3.05) is 0 Å². The summed E-state index contributed by atoms with van der Waals surface area (Å²) in [4.78, 5) is 18.4. The number of fused-ring (bicyclic) bond motifs is 7. The van der Waals surface area contributed by atoms with Crippen LogP contribution in [0.1, 0.15) is 0 Å². The van der Waals surface area contributed by atoms with Crippen LogP contribution in [-0.2, 0) is 0 Å². The second-order valence-corrected chi connectivity index (χ2v) is 8.67. The smallest absolute Gasteiger partial charge is 0.163 e. The van der Waals surface area contributed by atoms with E-state index in [2.05, 4.69) is 57.0 Å². The molecule has 150 valence electrons. The van der Waals surface area contributed by atoms with Crippen molar-refractivity contribution in [2.45, 2.75) is 0 Å². The minimum atomic E-state index is 0.650. The third-order valence-corrected chi connectivity index (χ3v) is 7.02. The number of hydrogen-bond donors (Lipinski definition) is 0. The van der Waals surface area contributed by atoms with Crippen LogP contribution in [0.25, 0.3) is 59.3 Å². The minimum Gasteiger partial charge on any atom is -0.292 e. The fourth-order valence-corrected chi connectivity index (χ4v) is 5.69. The van der Waals surface area contributed by atoms with Crippen LogP contribution in [0.5, 0.6) is 0 Å². The summed E-state index contributed by atoms with van der Waals surface area (Å²) < 4.78 is 4.73. The Morgan fingerprint density at radius 3 is 2.59 bits per heavy atom. The molecule has 0 N–H and O–H groups in total. The zero-order chi connectivity index (χ0) is 21.1. The number of rotatable bonds is 2. The average Bonchev–Trinajstić information content (AvgIpc) is 3.40. The second-order valence-electron chi connectivity index (χ2n) is 7.62. The molecule has 0 unspecified atom stereocenters. The lowest BCUT2D eigenvalue weighted by molar-refractivity contribution is 1.04. The highest BCUT2D eigenvalue weighted by atomic mass is 32.1. The molecule has 5 heterocycles. The maximum atomic E-state index is 4.90. The molecule has 32 heavy (non-hydrogen) atoms. The molecule has 0 aliphatic heterocycles. The monoisotopic (exact) mass is 429 g/mol. The summed E-state index contributed by atoms with van der Waals surface area (Å²) in [5, 5.41) is 3.72. The largest absolute Gasteiger partial charge is 0.292 e. The van der Waals surface area contributed by atoms with Gasteiger partial charge in [-0.2, -0.15) is 0 Å². The number of pyridine rings is 2. The minimum absolute atomic E-state index is 0.650. The first-order chi connectivity index (χ1) is 15.9. The molecule has 6 heteroatoms. The third kappa shape index (κ3) is 2.44. The Morgan fingerprint density at radius 1 is 0.719 bits per heavy atom. The van der Waals surface area contributed by atoms with E-state index in [1.54, 1.807) is 18.6 Å². The van der Waals surface area contributed by atoms with Gasteiger partial charge in [0.05, 0.1) is 16.6 Å². The molecule has 0 saturated carbocycles. The summed E-state index contributed by atoms with van der Waals surface area (Å²) in [6, 6.07) is 22.9. The molecular formula is C26H15N5S. The maximum absolute atomic E-state index is 4.90. The Morgan fingerprint density at radius 2 is 1.66 bits per heavy atom. The molecule has 0 aliphatic rings. The van der Waals surface area contributed by atoms with Gasteiger partial charge in [0.1, 0.15) is 5.82 Å². The molecule has 5 nitrogen and oxygen atoms in total. The van der Waals surface area contributed by atoms with Crippen molar-refractivity contribution in [3.63, 3.8) is 0 Å². The van der Waals surface area contributed by atoms with Crippen LogP contribution in [0.3, 0.4) is 0 Å². The lowest BCUT2D eigenvalue weighted by atomic mass is 10.1. The SMILES string of the molecule is c1cncc(-c2nccc(-n3c4cccnc4c4c5sc6ccccc6c5ccc43)n2)c1. The van der Waals surface area contributed by atoms with Crippen LogP contribution in [0.4, 0.5) is 0 Å². The molecule has 0 radical (unpaired) electrons. The molecule has 2 aromatic carbocycles. The summed E-state index contributed by atoms with van der Waals surface area (Å²) in [6.07, 6.45) is 7.20. The standard InChI is InChI=1S/C26H15N5S/c1-2-8-21-17(6-1)18-9-10-19-23(25(18)32-21)24-20(7-4-13-28-24)31(19)22-11-14-29-26(30-22)16-5-3-12-27-15-16/h1-15H. The van der Waals surface area contributed by atoms with Crippen molar-refractivity contribution in [3.05, 3.63) is 91.5 Å².